The van der Waals surface area contributed by atoms with Gasteiger partial charge in [-0.3, -0.25) is 0 Å². The van der Waals surface area contributed by atoms with E-state index in [0.717, 1.165) is 12.1 Å². The second-order valence-corrected chi connectivity index (χ2v) is 5.16. The number of nitrogens with zero attached hydrogens (tertiary/aromatic N) is 2. The zero-order valence-electron chi connectivity index (χ0n) is 9.55. The van der Waals surface area contributed by atoms with Crippen molar-refractivity contribution >= 4 is 11.3 Å². The topological polar surface area (TPSA) is 38.0 Å². The summed E-state index contributed by atoms with van der Waals surface area (Å²) in [6.45, 7) is 2.14. The molecule has 0 aromatic carbocycles. The lowest BCUT2D eigenvalue weighted by atomic mass is 10.2. The van der Waals surface area contributed by atoms with Gasteiger partial charge in [-0.15, -0.1) is 11.3 Å². The second-order valence-electron chi connectivity index (χ2n) is 3.91. The number of hydrogen-bond acceptors (Lipinski definition) is 3. The van der Waals surface area contributed by atoms with Gasteiger partial charge in [0.2, 0.25) is 0 Å². The van der Waals surface area contributed by atoms with Gasteiger partial charge in [-0.2, -0.15) is 0 Å². The smallest absolute Gasteiger partial charge is 0.102 e. The van der Waals surface area contributed by atoms with Gasteiger partial charge in [0.05, 0.1) is 12.0 Å². The zero-order valence-corrected chi connectivity index (χ0v) is 10.4. The molecule has 16 heavy (non-hydrogen) atoms. The van der Waals surface area contributed by atoms with Crippen molar-refractivity contribution in [2.45, 2.75) is 25.9 Å². The molecular formula is C12H16N2OS. The maximum absolute atomic E-state index is 10.0. The van der Waals surface area contributed by atoms with E-state index < -0.39 is 6.10 Å². The van der Waals surface area contributed by atoms with Crippen LogP contribution in [-0.2, 0) is 19.9 Å². The SMILES string of the molecule is CCc1ccc(CC(O)c2cn(C)cn2)s1. The number of aliphatic hydroxyl groups is 1. The van der Waals surface area contributed by atoms with Crippen LogP contribution in [0.5, 0.6) is 0 Å². The van der Waals surface area contributed by atoms with Gasteiger partial charge in [-0.05, 0) is 18.6 Å². The van der Waals surface area contributed by atoms with E-state index in [9.17, 15) is 5.11 Å². The van der Waals surface area contributed by atoms with Crippen LogP contribution in [0, 0.1) is 0 Å². The van der Waals surface area contributed by atoms with E-state index in [-0.39, 0.29) is 0 Å². The van der Waals surface area contributed by atoms with Crippen LogP contribution < -0.4 is 0 Å². The fraction of sp³-hybridized carbons (Fsp3) is 0.417. The molecule has 0 aliphatic heterocycles. The number of aryl methyl sites for hydroxylation is 2. The highest BCUT2D eigenvalue weighted by molar-refractivity contribution is 7.11. The van der Waals surface area contributed by atoms with Gasteiger partial charge in [0.25, 0.3) is 0 Å². The lowest BCUT2D eigenvalue weighted by molar-refractivity contribution is 0.175. The highest BCUT2D eigenvalue weighted by Crippen LogP contribution is 2.23. The van der Waals surface area contributed by atoms with Crippen molar-refractivity contribution in [2.24, 2.45) is 7.05 Å². The highest BCUT2D eigenvalue weighted by atomic mass is 32.1. The monoisotopic (exact) mass is 236 g/mol. The molecule has 0 bridgehead atoms. The molecule has 1 atom stereocenters. The van der Waals surface area contributed by atoms with E-state index in [1.165, 1.54) is 9.75 Å². The van der Waals surface area contributed by atoms with Crippen molar-refractivity contribution < 1.29 is 5.11 Å². The molecule has 0 spiro atoms. The molecule has 0 saturated carbocycles. The summed E-state index contributed by atoms with van der Waals surface area (Å²) in [4.78, 5) is 6.74. The van der Waals surface area contributed by atoms with Crippen LogP contribution in [0.4, 0.5) is 0 Å². The predicted octanol–water partition coefficient (Wildman–Crippen LogP) is 2.32. The highest BCUT2D eigenvalue weighted by Gasteiger charge is 2.12. The number of aliphatic hydroxyl groups excluding tert-OH is 1. The average molecular weight is 236 g/mol. The molecule has 3 nitrogen and oxygen atoms in total. The molecule has 0 aliphatic rings. The average Bonchev–Trinajstić information content (AvgIpc) is 2.87. The first-order valence-electron chi connectivity index (χ1n) is 5.42. The maximum Gasteiger partial charge on any atom is 0.102 e. The molecule has 0 radical (unpaired) electrons. The largest absolute Gasteiger partial charge is 0.386 e. The van der Waals surface area contributed by atoms with Crippen molar-refractivity contribution in [3.63, 3.8) is 0 Å². The Morgan fingerprint density at radius 1 is 1.44 bits per heavy atom. The van der Waals surface area contributed by atoms with Crippen molar-refractivity contribution in [3.8, 4) is 0 Å². The van der Waals surface area contributed by atoms with Gasteiger partial charge >= 0.3 is 0 Å². The first kappa shape index (κ1) is 11.4. The Morgan fingerprint density at radius 2 is 2.19 bits per heavy atom. The zero-order chi connectivity index (χ0) is 11.5. The molecule has 1 unspecified atom stereocenters. The Hall–Kier alpha value is -1.13. The number of imidazole rings is 1. The summed E-state index contributed by atoms with van der Waals surface area (Å²) in [6.07, 6.45) is 4.79. The van der Waals surface area contributed by atoms with Crippen molar-refractivity contribution in [3.05, 3.63) is 40.1 Å². The van der Waals surface area contributed by atoms with E-state index in [0.29, 0.717) is 6.42 Å². The molecule has 2 aromatic rings. The normalized spacial score (nSPS) is 12.9. The standard InChI is InChI=1S/C12H16N2OS/c1-3-9-4-5-10(16-9)6-12(15)11-7-14(2)8-13-11/h4-5,7-8,12,15H,3,6H2,1-2H3. The Morgan fingerprint density at radius 3 is 2.75 bits per heavy atom. The minimum atomic E-state index is -0.496. The quantitative estimate of drug-likeness (QED) is 0.884. The number of rotatable bonds is 4. The lowest BCUT2D eigenvalue weighted by Gasteiger charge is -2.05. The minimum absolute atomic E-state index is 0.496. The molecule has 2 heterocycles. The van der Waals surface area contributed by atoms with E-state index in [2.05, 4.69) is 24.0 Å². The van der Waals surface area contributed by atoms with Crippen LogP contribution >= 0.6 is 11.3 Å². The summed E-state index contributed by atoms with van der Waals surface area (Å²) in [7, 11) is 1.91. The van der Waals surface area contributed by atoms with Crippen LogP contribution in [0.3, 0.4) is 0 Å². The summed E-state index contributed by atoms with van der Waals surface area (Å²) in [5.74, 6) is 0. The molecule has 1 N–H and O–H groups in total. The predicted molar refractivity (Wildman–Crippen MR) is 65.6 cm³/mol. The molecular weight excluding hydrogens is 220 g/mol. The van der Waals surface area contributed by atoms with Crippen LogP contribution in [-0.4, -0.2) is 14.7 Å². The summed E-state index contributed by atoms with van der Waals surface area (Å²) in [5, 5.41) is 10.0. The van der Waals surface area contributed by atoms with Gasteiger partial charge in [0.1, 0.15) is 6.10 Å². The fourth-order valence-corrected chi connectivity index (χ4v) is 2.62. The van der Waals surface area contributed by atoms with Crippen LogP contribution in [0.15, 0.2) is 24.7 Å². The number of thiophene rings is 1. The van der Waals surface area contributed by atoms with Crippen molar-refractivity contribution in [2.75, 3.05) is 0 Å². The molecule has 2 rings (SSSR count). The fourth-order valence-electron chi connectivity index (χ4n) is 1.62. The summed E-state index contributed by atoms with van der Waals surface area (Å²) < 4.78 is 1.85. The third-order valence-electron chi connectivity index (χ3n) is 2.53. The Labute approximate surface area is 99.4 Å². The van der Waals surface area contributed by atoms with E-state index in [4.69, 9.17) is 0 Å². The van der Waals surface area contributed by atoms with Crippen LogP contribution in [0.1, 0.15) is 28.5 Å². The molecule has 2 aromatic heterocycles. The van der Waals surface area contributed by atoms with Crippen molar-refractivity contribution in [1.29, 1.82) is 0 Å². The maximum atomic E-state index is 10.0. The Kier molecular flexibility index (Phi) is 3.41. The third kappa shape index (κ3) is 2.51. The molecule has 0 aliphatic carbocycles. The van der Waals surface area contributed by atoms with Gasteiger partial charge in [0, 0.05) is 29.4 Å². The van der Waals surface area contributed by atoms with E-state index in [1.807, 2.05) is 17.8 Å². The lowest BCUT2D eigenvalue weighted by Crippen LogP contribution is -2.00. The minimum Gasteiger partial charge on any atom is -0.386 e. The third-order valence-corrected chi connectivity index (χ3v) is 3.78. The number of hydrogen-bond donors (Lipinski definition) is 1. The molecule has 0 saturated heterocycles. The number of aromatic nitrogens is 2. The van der Waals surface area contributed by atoms with Gasteiger partial charge in [-0.1, -0.05) is 6.92 Å². The first-order chi connectivity index (χ1) is 7.69. The van der Waals surface area contributed by atoms with E-state index in [1.54, 1.807) is 17.7 Å². The van der Waals surface area contributed by atoms with Crippen molar-refractivity contribution in [1.82, 2.24) is 9.55 Å². The van der Waals surface area contributed by atoms with Gasteiger partial charge in [-0.25, -0.2) is 4.98 Å². The Bertz CT molecular complexity index is 461. The van der Waals surface area contributed by atoms with Crippen LogP contribution in [0.2, 0.25) is 0 Å². The molecule has 86 valence electrons. The molecule has 4 heteroatoms. The molecule has 0 fully saturated rings. The molecule has 0 amide bonds. The second kappa shape index (κ2) is 4.80. The Balaban J connectivity index is 2.04. The summed E-state index contributed by atoms with van der Waals surface area (Å²) in [5.41, 5.74) is 0.744. The van der Waals surface area contributed by atoms with Gasteiger partial charge < -0.3 is 9.67 Å². The first-order valence-corrected chi connectivity index (χ1v) is 6.24. The summed E-state index contributed by atoms with van der Waals surface area (Å²) in [6, 6.07) is 4.22. The van der Waals surface area contributed by atoms with E-state index >= 15 is 0 Å². The van der Waals surface area contributed by atoms with Gasteiger partial charge in [0.15, 0.2) is 0 Å². The van der Waals surface area contributed by atoms with Crippen LogP contribution in [0.25, 0.3) is 0 Å². The summed E-state index contributed by atoms with van der Waals surface area (Å²) >= 11 is 1.77.